The van der Waals surface area contributed by atoms with Crippen LogP contribution in [0, 0.1) is 0 Å². The standard InChI is InChI=1S/C15H18N2O2/c1-2-19-15(18)17-8-7-12(10-17)14-9-11-5-3-4-6-13(11)16-14/h3-6,9,12,16H,2,7-8,10H2,1H3. The van der Waals surface area contributed by atoms with E-state index in [0.29, 0.717) is 12.5 Å². The second-order valence-electron chi connectivity index (χ2n) is 4.94. The second-order valence-corrected chi connectivity index (χ2v) is 4.94. The van der Waals surface area contributed by atoms with Gasteiger partial charge >= 0.3 is 6.09 Å². The fourth-order valence-corrected chi connectivity index (χ4v) is 2.71. The van der Waals surface area contributed by atoms with Crippen molar-refractivity contribution in [2.45, 2.75) is 19.3 Å². The van der Waals surface area contributed by atoms with E-state index in [1.54, 1.807) is 4.90 Å². The Bertz CT molecular complexity index is 558. The number of benzene rings is 1. The number of hydrogen-bond acceptors (Lipinski definition) is 2. The molecule has 1 saturated heterocycles. The number of aromatic nitrogens is 1. The normalized spacial score (nSPS) is 19.0. The lowest BCUT2D eigenvalue weighted by Crippen LogP contribution is -2.29. The molecule has 1 fully saturated rings. The van der Waals surface area contributed by atoms with Crippen LogP contribution in [0.5, 0.6) is 0 Å². The number of H-pyrrole nitrogens is 1. The van der Waals surface area contributed by atoms with Gasteiger partial charge in [0.2, 0.25) is 0 Å². The number of carbonyl (C=O) groups excluding carboxylic acids is 1. The lowest BCUT2D eigenvalue weighted by Gasteiger charge is -2.15. The summed E-state index contributed by atoms with van der Waals surface area (Å²) in [6, 6.07) is 10.4. The van der Waals surface area contributed by atoms with Gasteiger partial charge in [0.1, 0.15) is 0 Å². The highest BCUT2D eigenvalue weighted by Crippen LogP contribution is 2.29. The van der Waals surface area contributed by atoms with Crippen molar-refractivity contribution < 1.29 is 9.53 Å². The maximum Gasteiger partial charge on any atom is 0.409 e. The fraction of sp³-hybridized carbons (Fsp3) is 0.400. The van der Waals surface area contributed by atoms with Crippen LogP contribution in [-0.2, 0) is 4.74 Å². The zero-order valence-electron chi connectivity index (χ0n) is 11.1. The molecule has 0 spiro atoms. The lowest BCUT2D eigenvalue weighted by atomic mass is 10.1. The molecule has 0 radical (unpaired) electrons. The maximum absolute atomic E-state index is 11.7. The fourth-order valence-electron chi connectivity index (χ4n) is 2.71. The van der Waals surface area contributed by atoms with Gasteiger partial charge < -0.3 is 14.6 Å². The van der Waals surface area contributed by atoms with Crippen LogP contribution in [0.4, 0.5) is 4.79 Å². The van der Waals surface area contributed by atoms with E-state index in [-0.39, 0.29) is 6.09 Å². The Hall–Kier alpha value is -1.97. The molecule has 1 aromatic heterocycles. The first-order valence-electron chi connectivity index (χ1n) is 6.77. The van der Waals surface area contributed by atoms with Gasteiger partial charge in [-0.15, -0.1) is 0 Å². The summed E-state index contributed by atoms with van der Waals surface area (Å²) in [6.45, 7) is 3.79. The highest BCUT2D eigenvalue weighted by atomic mass is 16.6. The minimum absolute atomic E-state index is 0.193. The van der Waals surface area contributed by atoms with Gasteiger partial charge in [0.25, 0.3) is 0 Å². The molecule has 3 rings (SSSR count). The first-order valence-corrected chi connectivity index (χ1v) is 6.77. The summed E-state index contributed by atoms with van der Waals surface area (Å²) in [6.07, 6.45) is 0.798. The lowest BCUT2D eigenvalue weighted by molar-refractivity contribution is 0.115. The van der Waals surface area contributed by atoms with E-state index in [2.05, 4.69) is 23.2 Å². The van der Waals surface area contributed by atoms with Crippen LogP contribution in [0.2, 0.25) is 0 Å². The molecular formula is C15H18N2O2. The molecule has 1 amide bonds. The van der Waals surface area contributed by atoms with E-state index < -0.39 is 0 Å². The molecule has 2 heterocycles. The molecule has 1 unspecified atom stereocenters. The predicted octanol–water partition coefficient (Wildman–Crippen LogP) is 3.11. The molecule has 1 N–H and O–H groups in total. The van der Waals surface area contributed by atoms with Crippen molar-refractivity contribution in [2.24, 2.45) is 0 Å². The van der Waals surface area contributed by atoms with Gasteiger partial charge in [-0.1, -0.05) is 18.2 Å². The smallest absolute Gasteiger partial charge is 0.409 e. The van der Waals surface area contributed by atoms with Gasteiger partial charge in [0.05, 0.1) is 6.61 Å². The predicted molar refractivity (Wildman–Crippen MR) is 74.3 cm³/mol. The van der Waals surface area contributed by atoms with Crippen molar-refractivity contribution in [3.05, 3.63) is 36.0 Å². The molecule has 4 nitrogen and oxygen atoms in total. The molecule has 0 aliphatic carbocycles. The molecule has 19 heavy (non-hydrogen) atoms. The van der Waals surface area contributed by atoms with Crippen LogP contribution >= 0.6 is 0 Å². The number of fused-ring (bicyclic) bond motifs is 1. The quantitative estimate of drug-likeness (QED) is 0.899. The zero-order valence-corrected chi connectivity index (χ0v) is 11.1. The third-order valence-electron chi connectivity index (χ3n) is 3.70. The third kappa shape index (κ3) is 2.30. The van der Waals surface area contributed by atoms with Gasteiger partial charge in [-0.2, -0.15) is 0 Å². The summed E-state index contributed by atoms with van der Waals surface area (Å²) >= 11 is 0. The number of nitrogens with one attached hydrogen (secondary N) is 1. The average molecular weight is 258 g/mol. The average Bonchev–Trinajstić information content (AvgIpc) is 3.05. The number of para-hydroxylation sites is 1. The minimum Gasteiger partial charge on any atom is -0.450 e. The molecule has 4 heteroatoms. The van der Waals surface area contributed by atoms with E-state index in [0.717, 1.165) is 25.0 Å². The Morgan fingerprint density at radius 2 is 2.32 bits per heavy atom. The number of carbonyl (C=O) groups is 1. The molecule has 0 bridgehead atoms. The number of aromatic amines is 1. The minimum atomic E-state index is -0.193. The van der Waals surface area contributed by atoms with Crippen molar-refractivity contribution in [1.29, 1.82) is 0 Å². The summed E-state index contributed by atoms with van der Waals surface area (Å²) < 4.78 is 5.05. The van der Waals surface area contributed by atoms with Crippen molar-refractivity contribution in [3.8, 4) is 0 Å². The molecule has 1 aromatic carbocycles. The molecule has 1 aliphatic rings. The van der Waals surface area contributed by atoms with Crippen LogP contribution in [0.15, 0.2) is 30.3 Å². The number of ether oxygens (including phenoxy) is 1. The van der Waals surface area contributed by atoms with E-state index in [4.69, 9.17) is 4.74 Å². The molecule has 0 saturated carbocycles. The van der Waals surface area contributed by atoms with E-state index in [1.807, 2.05) is 19.1 Å². The van der Waals surface area contributed by atoms with Gasteiger partial charge in [-0.25, -0.2) is 4.79 Å². The van der Waals surface area contributed by atoms with Gasteiger partial charge in [-0.3, -0.25) is 0 Å². The highest BCUT2D eigenvalue weighted by molar-refractivity contribution is 5.80. The largest absolute Gasteiger partial charge is 0.450 e. The SMILES string of the molecule is CCOC(=O)N1CCC(c2cc3ccccc3[nH]2)C1. The monoisotopic (exact) mass is 258 g/mol. The third-order valence-corrected chi connectivity index (χ3v) is 3.70. The topological polar surface area (TPSA) is 45.3 Å². The van der Waals surface area contributed by atoms with E-state index in [9.17, 15) is 4.79 Å². The number of likely N-dealkylation sites (tertiary alicyclic amines) is 1. The summed E-state index contributed by atoms with van der Waals surface area (Å²) in [5.74, 6) is 0.386. The van der Waals surface area contributed by atoms with Crippen molar-refractivity contribution in [3.63, 3.8) is 0 Å². The van der Waals surface area contributed by atoms with Gasteiger partial charge in [0.15, 0.2) is 0 Å². The van der Waals surface area contributed by atoms with Crippen molar-refractivity contribution in [2.75, 3.05) is 19.7 Å². The molecule has 100 valence electrons. The summed E-state index contributed by atoms with van der Waals surface area (Å²) in [5.41, 5.74) is 2.38. The Balaban J connectivity index is 1.75. The van der Waals surface area contributed by atoms with Gasteiger partial charge in [-0.05, 0) is 30.9 Å². The van der Waals surface area contributed by atoms with Crippen LogP contribution < -0.4 is 0 Å². The highest BCUT2D eigenvalue weighted by Gasteiger charge is 2.28. The second kappa shape index (κ2) is 4.96. The van der Waals surface area contributed by atoms with Crippen LogP contribution in [0.1, 0.15) is 25.0 Å². The Kier molecular flexibility index (Phi) is 3.15. The summed E-state index contributed by atoms with van der Waals surface area (Å²) in [7, 11) is 0. The maximum atomic E-state index is 11.7. The Morgan fingerprint density at radius 3 is 3.11 bits per heavy atom. The van der Waals surface area contributed by atoms with E-state index >= 15 is 0 Å². The van der Waals surface area contributed by atoms with Crippen molar-refractivity contribution in [1.82, 2.24) is 9.88 Å². The molecular weight excluding hydrogens is 240 g/mol. The molecule has 2 aromatic rings. The zero-order chi connectivity index (χ0) is 13.2. The first-order chi connectivity index (χ1) is 9.28. The van der Waals surface area contributed by atoms with Crippen molar-refractivity contribution >= 4 is 17.0 Å². The first kappa shape index (κ1) is 12.1. The Morgan fingerprint density at radius 1 is 1.47 bits per heavy atom. The molecule has 1 aliphatic heterocycles. The van der Waals surface area contributed by atoms with E-state index in [1.165, 1.54) is 11.1 Å². The van der Waals surface area contributed by atoms with Crippen LogP contribution in [0.3, 0.4) is 0 Å². The van der Waals surface area contributed by atoms with Gasteiger partial charge in [0, 0.05) is 30.2 Å². The van der Waals surface area contributed by atoms with Crippen LogP contribution in [0.25, 0.3) is 10.9 Å². The number of rotatable bonds is 2. The Labute approximate surface area is 112 Å². The molecule has 1 atom stereocenters. The van der Waals surface area contributed by atoms with Crippen LogP contribution in [-0.4, -0.2) is 35.7 Å². The summed E-state index contributed by atoms with van der Waals surface area (Å²) in [4.78, 5) is 16.9. The number of nitrogens with zero attached hydrogens (tertiary/aromatic N) is 1. The summed E-state index contributed by atoms with van der Waals surface area (Å²) in [5, 5.41) is 1.23. The number of amides is 1. The number of hydrogen-bond donors (Lipinski definition) is 1.